The third kappa shape index (κ3) is 1.79. The summed E-state index contributed by atoms with van der Waals surface area (Å²) in [6.45, 7) is 4.41. The number of hydrogen-bond donors (Lipinski definition) is 3. The van der Waals surface area contributed by atoms with Crippen molar-refractivity contribution in [1.82, 2.24) is 16.3 Å². The summed E-state index contributed by atoms with van der Waals surface area (Å²) >= 11 is 0. The molecule has 2 heterocycles. The van der Waals surface area contributed by atoms with Gasteiger partial charge in [-0.2, -0.15) is 0 Å². The van der Waals surface area contributed by atoms with Crippen molar-refractivity contribution >= 4 is 5.69 Å². The van der Waals surface area contributed by atoms with Crippen LogP contribution in [0.2, 0.25) is 0 Å². The van der Waals surface area contributed by atoms with Gasteiger partial charge in [-0.05, 0) is 26.0 Å². The van der Waals surface area contributed by atoms with Gasteiger partial charge in [0, 0.05) is 18.5 Å². The highest BCUT2D eigenvalue weighted by atomic mass is 15.7. The number of anilines is 1. The Morgan fingerprint density at radius 1 is 1.18 bits per heavy atom. The van der Waals surface area contributed by atoms with Gasteiger partial charge in [0.15, 0.2) is 0 Å². The Morgan fingerprint density at radius 2 is 1.94 bits per heavy atom. The quantitative estimate of drug-likeness (QED) is 0.683. The molecule has 0 fully saturated rings. The van der Waals surface area contributed by atoms with Crippen molar-refractivity contribution in [2.45, 2.75) is 32.4 Å². The van der Waals surface area contributed by atoms with Gasteiger partial charge in [0.25, 0.3) is 0 Å². The van der Waals surface area contributed by atoms with Crippen molar-refractivity contribution in [2.75, 3.05) is 5.01 Å². The molecule has 2 atom stereocenters. The Balaban J connectivity index is 1.94. The molecule has 0 bridgehead atoms. The van der Waals surface area contributed by atoms with Gasteiger partial charge >= 0.3 is 0 Å². The van der Waals surface area contributed by atoms with Crippen LogP contribution in [0.25, 0.3) is 0 Å². The van der Waals surface area contributed by atoms with Crippen LogP contribution in [0, 0.1) is 0 Å². The van der Waals surface area contributed by atoms with Crippen molar-refractivity contribution < 1.29 is 0 Å². The summed E-state index contributed by atoms with van der Waals surface area (Å²) in [6.07, 6.45) is 1.04. The first-order chi connectivity index (χ1) is 8.25. The minimum atomic E-state index is 0.370. The van der Waals surface area contributed by atoms with E-state index in [0.29, 0.717) is 12.1 Å². The zero-order valence-corrected chi connectivity index (χ0v) is 10.2. The molecule has 4 nitrogen and oxygen atoms in total. The minimum absolute atomic E-state index is 0.370. The van der Waals surface area contributed by atoms with E-state index in [1.807, 2.05) is 6.07 Å². The monoisotopic (exact) mass is 230 g/mol. The Morgan fingerprint density at radius 3 is 2.71 bits per heavy atom. The first-order valence-electron chi connectivity index (χ1n) is 6.11. The average Bonchev–Trinajstić information content (AvgIpc) is 2.74. The predicted molar refractivity (Wildman–Crippen MR) is 68.9 cm³/mol. The van der Waals surface area contributed by atoms with Gasteiger partial charge in [0.1, 0.15) is 0 Å². The molecule has 2 unspecified atom stereocenters. The highest BCUT2D eigenvalue weighted by Crippen LogP contribution is 2.28. The minimum Gasteiger partial charge on any atom is -0.306 e. The SMILES string of the molecule is CC1CC2=C(NNN2c2ccccc2)C(C)N1. The van der Waals surface area contributed by atoms with Crippen LogP contribution < -0.4 is 21.3 Å². The molecule has 0 saturated heterocycles. The third-order valence-corrected chi connectivity index (χ3v) is 3.36. The zero-order valence-electron chi connectivity index (χ0n) is 10.2. The fourth-order valence-electron chi connectivity index (χ4n) is 2.59. The number of rotatable bonds is 1. The van der Waals surface area contributed by atoms with Gasteiger partial charge in [0.2, 0.25) is 0 Å². The lowest BCUT2D eigenvalue weighted by Gasteiger charge is -2.29. The molecule has 1 aromatic rings. The van der Waals surface area contributed by atoms with Crippen LogP contribution in [0.15, 0.2) is 41.7 Å². The van der Waals surface area contributed by atoms with Crippen LogP contribution in [0.4, 0.5) is 5.69 Å². The molecule has 0 spiro atoms. The Labute approximate surface area is 102 Å². The molecule has 0 amide bonds. The first kappa shape index (κ1) is 10.6. The van der Waals surface area contributed by atoms with Gasteiger partial charge in [0.05, 0.1) is 17.1 Å². The Bertz CT molecular complexity index is 440. The summed E-state index contributed by atoms with van der Waals surface area (Å²) < 4.78 is 0. The number of hydrazine groups is 2. The fourth-order valence-corrected chi connectivity index (χ4v) is 2.59. The van der Waals surface area contributed by atoms with Gasteiger partial charge < -0.3 is 10.7 Å². The molecule has 0 saturated carbocycles. The third-order valence-electron chi connectivity index (χ3n) is 3.36. The van der Waals surface area contributed by atoms with E-state index in [2.05, 4.69) is 59.4 Å². The van der Waals surface area contributed by atoms with Gasteiger partial charge in [-0.3, -0.25) is 5.01 Å². The molecule has 0 aromatic heterocycles. The first-order valence-corrected chi connectivity index (χ1v) is 6.11. The molecule has 0 radical (unpaired) electrons. The second-order valence-electron chi connectivity index (χ2n) is 4.76. The van der Waals surface area contributed by atoms with E-state index in [0.717, 1.165) is 6.42 Å². The molecule has 90 valence electrons. The van der Waals surface area contributed by atoms with E-state index in [9.17, 15) is 0 Å². The molecule has 3 N–H and O–H groups in total. The van der Waals surface area contributed by atoms with Gasteiger partial charge in [-0.25, -0.2) is 0 Å². The molecule has 4 heteroatoms. The van der Waals surface area contributed by atoms with Gasteiger partial charge in [-0.1, -0.05) is 18.2 Å². The largest absolute Gasteiger partial charge is 0.306 e. The summed E-state index contributed by atoms with van der Waals surface area (Å²) in [5, 5.41) is 5.68. The average molecular weight is 230 g/mol. The van der Waals surface area contributed by atoms with Crippen molar-refractivity contribution in [3.63, 3.8) is 0 Å². The lowest BCUT2D eigenvalue weighted by atomic mass is 10.0. The molecule has 1 aromatic carbocycles. The summed E-state index contributed by atoms with van der Waals surface area (Å²) in [4.78, 5) is 0. The van der Waals surface area contributed by atoms with Crippen molar-refractivity contribution in [2.24, 2.45) is 0 Å². The van der Waals surface area contributed by atoms with E-state index >= 15 is 0 Å². The van der Waals surface area contributed by atoms with E-state index in [1.54, 1.807) is 0 Å². The van der Waals surface area contributed by atoms with Crippen molar-refractivity contribution in [1.29, 1.82) is 0 Å². The number of hydrogen-bond acceptors (Lipinski definition) is 4. The van der Waals surface area contributed by atoms with Gasteiger partial charge in [-0.15, -0.1) is 5.53 Å². The molecular weight excluding hydrogens is 212 g/mol. The van der Waals surface area contributed by atoms with E-state index in [4.69, 9.17) is 0 Å². The Hall–Kier alpha value is -1.52. The predicted octanol–water partition coefficient (Wildman–Crippen LogP) is 1.50. The lowest BCUT2D eigenvalue weighted by molar-refractivity contribution is 0.458. The maximum absolute atomic E-state index is 3.54. The van der Waals surface area contributed by atoms with Crippen LogP contribution in [-0.2, 0) is 0 Å². The number of para-hydroxylation sites is 1. The number of nitrogens with zero attached hydrogens (tertiary/aromatic N) is 1. The highest BCUT2D eigenvalue weighted by Gasteiger charge is 2.31. The van der Waals surface area contributed by atoms with Crippen LogP contribution in [0.5, 0.6) is 0 Å². The molecular formula is C13H18N4. The van der Waals surface area contributed by atoms with E-state index in [-0.39, 0.29) is 0 Å². The highest BCUT2D eigenvalue weighted by molar-refractivity contribution is 5.54. The van der Waals surface area contributed by atoms with Crippen LogP contribution in [0.1, 0.15) is 20.3 Å². The Kier molecular flexibility index (Phi) is 2.53. The summed E-state index contributed by atoms with van der Waals surface area (Å²) in [5.41, 5.74) is 10.3. The smallest absolute Gasteiger partial charge is 0.0657 e. The number of nitrogens with one attached hydrogen (secondary N) is 3. The molecule has 2 aliphatic heterocycles. The maximum Gasteiger partial charge on any atom is 0.0657 e. The molecule has 0 aliphatic carbocycles. The van der Waals surface area contributed by atoms with Crippen LogP contribution >= 0.6 is 0 Å². The number of benzene rings is 1. The van der Waals surface area contributed by atoms with E-state index in [1.165, 1.54) is 17.1 Å². The summed E-state index contributed by atoms with van der Waals surface area (Å²) in [6, 6.07) is 11.3. The van der Waals surface area contributed by atoms with Crippen LogP contribution in [-0.4, -0.2) is 12.1 Å². The second kappa shape index (κ2) is 4.05. The standard InChI is InChI=1S/C13H18N4/c1-9-8-12-13(10(2)14-9)15-16-17(12)11-6-4-3-5-7-11/h3-7,9-10,14-16H,8H2,1-2H3. The van der Waals surface area contributed by atoms with E-state index < -0.39 is 0 Å². The molecule has 17 heavy (non-hydrogen) atoms. The normalized spacial score (nSPS) is 28.0. The second-order valence-corrected chi connectivity index (χ2v) is 4.76. The van der Waals surface area contributed by atoms with Crippen molar-refractivity contribution in [3.8, 4) is 0 Å². The fraction of sp³-hybridized carbons (Fsp3) is 0.385. The topological polar surface area (TPSA) is 39.3 Å². The lowest BCUT2D eigenvalue weighted by Crippen LogP contribution is -2.43. The zero-order chi connectivity index (χ0) is 11.8. The van der Waals surface area contributed by atoms with Crippen molar-refractivity contribution in [3.05, 3.63) is 41.7 Å². The molecule has 2 aliphatic rings. The maximum atomic E-state index is 3.54. The summed E-state index contributed by atoms with van der Waals surface area (Å²) in [5.74, 6) is 0. The van der Waals surface area contributed by atoms with Crippen LogP contribution in [0.3, 0.4) is 0 Å². The summed E-state index contributed by atoms with van der Waals surface area (Å²) in [7, 11) is 0. The molecule has 3 rings (SSSR count).